The van der Waals surface area contributed by atoms with Gasteiger partial charge in [-0.25, -0.2) is 5.43 Å². The van der Waals surface area contributed by atoms with E-state index in [0.29, 0.717) is 5.75 Å². The molecule has 3 aromatic carbocycles. The zero-order valence-corrected chi connectivity index (χ0v) is 15.5. The lowest BCUT2D eigenvalue weighted by molar-refractivity contribution is -0.123. The van der Waals surface area contributed by atoms with Gasteiger partial charge in [-0.1, -0.05) is 67.9 Å². The number of rotatable bonds is 8. The lowest BCUT2D eigenvalue weighted by Gasteiger charge is -2.06. The summed E-state index contributed by atoms with van der Waals surface area (Å²) in [4.78, 5) is 11.9. The lowest BCUT2D eigenvalue weighted by Crippen LogP contribution is -2.24. The molecule has 0 aliphatic carbocycles. The Kier molecular flexibility index (Phi) is 6.58. The van der Waals surface area contributed by atoms with E-state index in [9.17, 15) is 4.79 Å². The summed E-state index contributed by atoms with van der Waals surface area (Å²) in [7, 11) is 0. The molecule has 0 aromatic heterocycles. The Morgan fingerprint density at radius 3 is 2.63 bits per heavy atom. The molecule has 0 bridgehead atoms. The van der Waals surface area contributed by atoms with Crippen LogP contribution in [0.4, 0.5) is 0 Å². The number of hydrogen-bond donors (Lipinski definition) is 1. The summed E-state index contributed by atoms with van der Waals surface area (Å²) in [6.07, 6.45) is 5.08. The maximum atomic E-state index is 11.9. The molecule has 3 aromatic rings. The summed E-state index contributed by atoms with van der Waals surface area (Å²) in [5.74, 6) is 0.393. The number of amides is 1. The van der Waals surface area contributed by atoms with Crippen LogP contribution in [0.3, 0.4) is 0 Å². The summed E-state index contributed by atoms with van der Waals surface area (Å²) in [5, 5.41) is 6.28. The number of aryl methyl sites for hydroxylation is 1. The molecule has 0 fully saturated rings. The van der Waals surface area contributed by atoms with Crippen LogP contribution in [-0.2, 0) is 11.2 Å². The molecule has 0 saturated carbocycles. The molecule has 0 aliphatic rings. The third-order valence-electron chi connectivity index (χ3n) is 4.33. The standard InChI is InChI=1S/C23H24N2O2/c1-2-3-7-18-12-14-21(15-13-18)27-17-23(26)25-24-16-20-10-6-9-19-8-4-5-11-22(19)20/h4-6,8-16H,2-3,7,17H2,1H3,(H,25,26)/b24-16+. The molecule has 0 unspecified atom stereocenters. The molecular weight excluding hydrogens is 336 g/mol. The third kappa shape index (κ3) is 5.42. The van der Waals surface area contributed by atoms with E-state index >= 15 is 0 Å². The number of carbonyl (C=O) groups excluding carboxylic acids is 1. The molecule has 0 aliphatic heterocycles. The maximum Gasteiger partial charge on any atom is 0.277 e. The Balaban J connectivity index is 1.50. The van der Waals surface area contributed by atoms with Crippen molar-refractivity contribution in [3.05, 3.63) is 77.9 Å². The van der Waals surface area contributed by atoms with Gasteiger partial charge in [-0.3, -0.25) is 4.79 Å². The number of hydrazone groups is 1. The Bertz CT molecular complexity index is 912. The summed E-state index contributed by atoms with van der Waals surface area (Å²) >= 11 is 0. The first-order chi connectivity index (χ1) is 13.3. The highest BCUT2D eigenvalue weighted by Gasteiger charge is 2.02. The second kappa shape index (κ2) is 9.53. The first-order valence-corrected chi connectivity index (χ1v) is 9.27. The van der Waals surface area contributed by atoms with Gasteiger partial charge in [0.1, 0.15) is 5.75 Å². The Morgan fingerprint density at radius 2 is 1.81 bits per heavy atom. The summed E-state index contributed by atoms with van der Waals surface area (Å²) < 4.78 is 5.51. The van der Waals surface area contributed by atoms with E-state index in [1.807, 2.05) is 66.7 Å². The number of nitrogens with one attached hydrogen (secondary N) is 1. The number of fused-ring (bicyclic) bond motifs is 1. The lowest BCUT2D eigenvalue weighted by atomic mass is 10.1. The van der Waals surface area contributed by atoms with Gasteiger partial charge in [0.05, 0.1) is 6.21 Å². The van der Waals surface area contributed by atoms with Gasteiger partial charge < -0.3 is 4.74 Å². The number of benzene rings is 3. The van der Waals surface area contributed by atoms with Crippen LogP contribution < -0.4 is 10.2 Å². The van der Waals surface area contributed by atoms with Gasteiger partial charge in [-0.2, -0.15) is 5.10 Å². The molecule has 4 heteroatoms. The fourth-order valence-corrected chi connectivity index (χ4v) is 2.85. The van der Waals surface area contributed by atoms with E-state index in [1.165, 1.54) is 18.4 Å². The fourth-order valence-electron chi connectivity index (χ4n) is 2.85. The van der Waals surface area contributed by atoms with Gasteiger partial charge in [0.15, 0.2) is 6.61 Å². The SMILES string of the molecule is CCCCc1ccc(OCC(=O)N/N=C/c2cccc3ccccc23)cc1. The van der Waals surface area contributed by atoms with Crippen molar-refractivity contribution in [1.29, 1.82) is 0 Å². The van der Waals surface area contributed by atoms with Crippen molar-refractivity contribution >= 4 is 22.9 Å². The van der Waals surface area contributed by atoms with Gasteiger partial charge in [0.2, 0.25) is 0 Å². The van der Waals surface area contributed by atoms with Crippen LogP contribution in [0, 0.1) is 0 Å². The zero-order chi connectivity index (χ0) is 18.9. The Labute approximate surface area is 159 Å². The molecule has 4 nitrogen and oxygen atoms in total. The normalized spacial score (nSPS) is 11.0. The molecule has 1 amide bonds. The molecule has 1 N–H and O–H groups in total. The summed E-state index contributed by atoms with van der Waals surface area (Å²) in [5.41, 5.74) is 4.75. The highest BCUT2D eigenvalue weighted by Crippen LogP contribution is 2.17. The Morgan fingerprint density at radius 1 is 1.04 bits per heavy atom. The Hall–Kier alpha value is -3.14. The van der Waals surface area contributed by atoms with Crippen molar-refractivity contribution in [3.8, 4) is 5.75 Å². The van der Waals surface area contributed by atoms with Gasteiger partial charge >= 0.3 is 0 Å². The first-order valence-electron chi connectivity index (χ1n) is 9.27. The average Bonchev–Trinajstić information content (AvgIpc) is 2.71. The van der Waals surface area contributed by atoms with Gasteiger partial charge in [-0.15, -0.1) is 0 Å². The average molecular weight is 360 g/mol. The molecule has 0 saturated heterocycles. The second-order valence-electron chi connectivity index (χ2n) is 6.40. The minimum absolute atomic E-state index is 0.0683. The van der Waals surface area contributed by atoms with E-state index in [0.717, 1.165) is 22.8 Å². The summed E-state index contributed by atoms with van der Waals surface area (Å²) in [6.45, 7) is 2.11. The maximum absolute atomic E-state index is 11.9. The number of unbranched alkanes of at least 4 members (excludes halogenated alkanes) is 1. The molecule has 3 rings (SSSR count). The number of carbonyl (C=O) groups is 1. The van der Waals surface area contributed by atoms with Crippen molar-refractivity contribution in [2.45, 2.75) is 26.2 Å². The highest BCUT2D eigenvalue weighted by atomic mass is 16.5. The second-order valence-corrected chi connectivity index (χ2v) is 6.40. The molecule has 138 valence electrons. The van der Waals surface area contributed by atoms with Crippen LogP contribution in [-0.4, -0.2) is 18.7 Å². The molecule has 0 heterocycles. The topological polar surface area (TPSA) is 50.7 Å². The van der Waals surface area contributed by atoms with Crippen molar-refractivity contribution in [3.63, 3.8) is 0 Å². The van der Waals surface area contributed by atoms with E-state index < -0.39 is 0 Å². The number of ether oxygens (including phenoxy) is 1. The van der Waals surface area contributed by atoms with Crippen LogP contribution in [0.5, 0.6) is 5.75 Å². The van der Waals surface area contributed by atoms with Crippen LogP contribution in [0.2, 0.25) is 0 Å². The molecular formula is C23H24N2O2. The summed E-state index contributed by atoms with van der Waals surface area (Å²) in [6, 6.07) is 21.9. The largest absolute Gasteiger partial charge is 0.484 e. The predicted octanol–water partition coefficient (Wildman–Crippen LogP) is 4.71. The molecule has 0 radical (unpaired) electrons. The monoisotopic (exact) mass is 360 g/mol. The quantitative estimate of drug-likeness (QED) is 0.467. The molecule has 27 heavy (non-hydrogen) atoms. The zero-order valence-electron chi connectivity index (χ0n) is 15.5. The molecule has 0 spiro atoms. The van der Waals surface area contributed by atoms with Crippen molar-refractivity contribution in [2.24, 2.45) is 5.10 Å². The predicted molar refractivity (Wildman–Crippen MR) is 110 cm³/mol. The van der Waals surface area contributed by atoms with Crippen LogP contribution in [0.25, 0.3) is 10.8 Å². The van der Waals surface area contributed by atoms with Crippen LogP contribution >= 0.6 is 0 Å². The smallest absolute Gasteiger partial charge is 0.277 e. The third-order valence-corrected chi connectivity index (χ3v) is 4.33. The van der Waals surface area contributed by atoms with Gasteiger partial charge in [-0.05, 0) is 41.3 Å². The van der Waals surface area contributed by atoms with Crippen molar-refractivity contribution < 1.29 is 9.53 Å². The van der Waals surface area contributed by atoms with Gasteiger partial charge in [0, 0.05) is 5.56 Å². The minimum Gasteiger partial charge on any atom is -0.484 e. The van der Waals surface area contributed by atoms with E-state index in [-0.39, 0.29) is 12.5 Å². The van der Waals surface area contributed by atoms with Crippen LogP contribution in [0.1, 0.15) is 30.9 Å². The van der Waals surface area contributed by atoms with Gasteiger partial charge in [0.25, 0.3) is 5.91 Å². The van der Waals surface area contributed by atoms with Crippen LogP contribution in [0.15, 0.2) is 71.8 Å². The van der Waals surface area contributed by atoms with E-state index in [2.05, 4.69) is 17.5 Å². The number of hydrogen-bond acceptors (Lipinski definition) is 3. The number of nitrogens with zero attached hydrogens (tertiary/aromatic N) is 1. The fraction of sp³-hybridized carbons (Fsp3) is 0.217. The van der Waals surface area contributed by atoms with E-state index in [4.69, 9.17) is 4.74 Å². The molecule has 0 atom stereocenters. The van der Waals surface area contributed by atoms with Crippen molar-refractivity contribution in [2.75, 3.05) is 6.61 Å². The highest BCUT2D eigenvalue weighted by molar-refractivity contribution is 5.99. The first kappa shape index (κ1) is 18.6. The minimum atomic E-state index is -0.290. The van der Waals surface area contributed by atoms with E-state index in [1.54, 1.807) is 6.21 Å². The van der Waals surface area contributed by atoms with Crippen molar-refractivity contribution in [1.82, 2.24) is 5.43 Å².